The first-order valence-electron chi connectivity index (χ1n) is 5.42. The molecule has 2 nitrogen and oxygen atoms in total. The minimum absolute atomic E-state index is 0.0230. The van der Waals surface area contributed by atoms with Crippen LogP contribution in [0.1, 0.15) is 39.7 Å². The molecule has 0 unspecified atom stereocenters. The second-order valence-corrected chi connectivity index (χ2v) is 4.64. The zero-order valence-electron chi connectivity index (χ0n) is 10.0. The standard InChI is InChI=1S/C13H20N2/c1-5-12(14-15-13(2,3)4)11-9-7-6-8-10-11/h6-10,15H,5H2,1-4H3. The van der Waals surface area contributed by atoms with Crippen LogP contribution in [0.2, 0.25) is 0 Å². The van der Waals surface area contributed by atoms with Gasteiger partial charge < -0.3 is 5.43 Å². The molecule has 82 valence electrons. The third kappa shape index (κ3) is 4.15. The number of benzene rings is 1. The molecule has 0 aliphatic rings. The molecule has 1 rings (SSSR count). The van der Waals surface area contributed by atoms with E-state index in [1.807, 2.05) is 18.2 Å². The molecular weight excluding hydrogens is 184 g/mol. The molecule has 0 bridgehead atoms. The smallest absolute Gasteiger partial charge is 0.0672 e. The van der Waals surface area contributed by atoms with E-state index < -0.39 is 0 Å². The van der Waals surface area contributed by atoms with E-state index in [1.165, 1.54) is 5.56 Å². The maximum atomic E-state index is 4.45. The molecule has 0 heterocycles. The molecule has 0 radical (unpaired) electrons. The molecule has 0 atom stereocenters. The lowest BCUT2D eigenvalue weighted by Crippen LogP contribution is -2.32. The van der Waals surface area contributed by atoms with Crippen molar-refractivity contribution in [2.75, 3.05) is 0 Å². The van der Waals surface area contributed by atoms with Crippen LogP contribution in [0.3, 0.4) is 0 Å². The van der Waals surface area contributed by atoms with Crippen molar-refractivity contribution in [1.29, 1.82) is 0 Å². The van der Waals surface area contributed by atoms with Gasteiger partial charge in [-0.2, -0.15) is 5.10 Å². The molecule has 1 aromatic carbocycles. The highest BCUT2D eigenvalue weighted by Crippen LogP contribution is 2.05. The Morgan fingerprint density at radius 2 is 1.80 bits per heavy atom. The van der Waals surface area contributed by atoms with E-state index in [0.29, 0.717) is 0 Å². The maximum Gasteiger partial charge on any atom is 0.0672 e. The van der Waals surface area contributed by atoms with Gasteiger partial charge in [-0.1, -0.05) is 37.3 Å². The highest BCUT2D eigenvalue weighted by atomic mass is 15.3. The molecule has 0 aromatic heterocycles. The van der Waals surface area contributed by atoms with Gasteiger partial charge in [0.1, 0.15) is 0 Å². The predicted molar refractivity (Wildman–Crippen MR) is 66.2 cm³/mol. The molecular formula is C13H20N2. The first-order valence-corrected chi connectivity index (χ1v) is 5.42. The van der Waals surface area contributed by atoms with E-state index in [1.54, 1.807) is 0 Å². The SMILES string of the molecule is CCC(=NNC(C)(C)C)c1ccccc1. The Hall–Kier alpha value is -1.31. The average Bonchev–Trinajstić information content (AvgIpc) is 2.19. The first-order chi connectivity index (χ1) is 7.03. The predicted octanol–water partition coefficient (Wildman–Crippen LogP) is 3.19. The molecule has 1 N–H and O–H groups in total. The average molecular weight is 204 g/mol. The van der Waals surface area contributed by atoms with Gasteiger partial charge in [0.25, 0.3) is 0 Å². The van der Waals surface area contributed by atoms with Crippen molar-refractivity contribution >= 4 is 5.71 Å². The molecule has 0 aliphatic carbocycles. The largest absolute Gasteiger partial charge is 0.305 e. The first kappa shape index (κ1) is 11.8. The lowest BCUT2D eigenvalue weighted by atomic mass is 10.1. The Balaban J connectivity index is 2.81. The third-order valence-corrected chi connectivity index (χ3v) is 1.97. The normalized spacial score (nSPS) is 12.7. The molecule has 0 amide bonds. The van der Waals surface area contributed by atoms with Gasteiger partial charge in [-0.05, 0) is 32.8 Å². The van der Waals surface area contributed by atoms with Crippen LogP contribution in [0, 0.1) is 0 Å². The molecule has 2 heteroatoms. The van der Waals surface area contributed by atoms with Gasteiger partial charge >= 0.3 is 0 Å². The van der Waals surface area contributed by atoms with Crippen molar-refractivity contribution < 1.29 is 0 Å². The highest BCUT2D eigenvalue weighted by molar-refractivity contribution is 6.00. The van der Waals surface area contributed by atoms with Crippen molar-refractivity contribution in [2.24, 2.45) is 5.10 Å². The molecule has 15 heavy (non-hydrogen) atoms. The Morgan fingerprint density at radius 3 is 2.27 bits per heavy atom. The van der Waals surface area contributed by atoms with Gasteiger partial charge in [0.05, 0.1) is 5.71 Å². The van der Waals surface area contributed by atoms with Crippen LogP contribution in [0.5, 0.6) is 0 Å². The Morgan fingerprint density at radius 1 is 1.20 bits per heavy atom. The Bertz CT molecular complexity index is 320. The van der Waals surface area contributed by atoms with Crippen LogP contribution in [0.15, 0.2) is 35.4 Å². The number of nitrogens with zero attached hydrogens (tertiary/aromatic N) is 1. The summed E-state index contributed by atoms with van der Waals surface area (Å²) in [6, 6.07) is 10.3. The highest BCUT2D eigenvalue weighted by Gasteiger charge is 2.08. The summed E-state index contributed by atoms with van der Waals surface area (Å²) in [4.78, 5) is 0. The van der Waals surface area contributed by atoms with Crippen molar-refractivity contribution in [3.05, 3.63) is 35.9 Å². The van der Waals surface area contributed by atoms with Crippen LogP contribution in [-0.2, 0) is 0 Å². The van der Waals surface area contributed by atoms with Crippen molar-refractivity contribution in [3.8, 4) is 0 Å². The number of rotatable bonds is 3. The van der Waals surface area contributed by atoms with Crippen LogP contribution >= 0.6 is 0 Å². The van der Waals surface area contributed by atoms with Gasteiger partial charge in [0.15, 0.2) is 0 Å². The molecule has 0 aliphatic heterocycles. The number of hydrogen-bond donors (Lipinski definition) is 1. The fraction of sp³-hybridized carbons (Fsp3) is 0.462. The lowest BCUT2D eigenvalue weighted by Gasteiger charge is -2.18. The van der Waals surface area contributed by atoms with Gasteiger partial charge in [0.2, 0.25) is 0 Å². The zero-order chi connectivity index (χ0) is 11.3. The lowest BCUT2D eigenvalue weighted by molar-refractivity contribution is 0.440. The van der Waals surface area contributed by atoms with Gasteiger partial charge in [0, 0.05) is 5.54 Å². The van der Waals surface area contributed by atoms with Crippen molar-refractivity contribution in [2.45, 2.75) is 39.7 Å². The monoisotopic (exact) mass is 204 g/mol. The minimum Gasteiger partial charge on any atom is -0.305 e. The number of nitrogens with one attached hydrogen (secondary N) is 1. The summed E-state index contributed by atoms with van der Waals surface area (Å²) in [6.45, 7) is 8.44. The second-order valence-electron chi connectivity index (χ2n) is 4.64. The third-order valence-electron chi connectivity index (χ3n) is 1.97. The number of hydrazone groups is 1. The van der Waals surface area contributed by atoms with Crippen molar-refractivity contribution in [3.63, 3.8) is 0 Å². The quantitative estimate of drug-likeness (QED) is 0.593. The van der Waals surface area contributed by atoms with E-state index in [0.717, 1.165) is 12.1 Å². The summed E-state index contributed by atoms with van der Waals surface area (Å²) in [5.74, 6) is 0. The zero-order valence-corrected chi connectivity index (χ0v) is 10.0. The molecule has 0 saturated heterocycles. The Kier molecular flexibility index (Phi) is 3.89. The fourth-order valence-electron chi connectivity index (χ4n) is 1.21. The second kappa shape index (κ2) is 4.96. The summed E-state index contributed by atoms with van der Waals surface area (Å²) in [7, 11) is 0. The van der Waals surface area contributed by atoms with Gasteiger partial charge in [-0.15, -0.1) is 0 Å². The van der Waals surface area contributed by atoms with Crippen molar-refractivity contribution in [1.82, 2.24) is 5.43 Å². The maximum absolute atomic E-state index is 4.45. The molecule has 0 fully saturated rings. The summed E-state index contributed by atoms with van der Waals surface area (Å²) >= 11 is 0. The van der Waals surface area contributed by atoms with Crippen LogP contribution < -0.4 is 5.43 Å². The number of hydrogen-bond acceptors (Lipinski definition) is 2. The van der Waals surface area contributed by atoms with Gasteiger partial charge in [-0.3, -0.25) is 0 Å². The van der Waals surface area contributed by atoms with Crippen LogP contribution in [0.4, 0.5) is 0 Å². The molecule has 0 spiro atoms. The summed E-state index contributed by atoms with van der Waals surface area (Å²) < 4.78 is 0. The fourth-order valence-corrected chi connectivity index (χ4v) is 1.21. The van der Waals surface area contributed by atoms with E-state index in [2.05, 4.69) is 50.4 Å². The Labute approximate surface area is 92.4 Å². The van der Waals surface area contributed by atoms with E-state index in [-0.39, 0.29) is 5.54 Å². The van der Waals surface area contributed by atoms with E-state index in [9.17, 15) is 0 Å². The minimum atomic E-state index is 0.0230. The molecule has 1 aromatic rings. The topological polar surface area (TPSA) is 24.4 Å². The molecule has 0 saturated carbocycles. The van der Waals surface area contributed by atoms with Crippen LogP contribution in [-0.4, -0.2) is 11.3 Å². The summed E-state index contributed by atoms with van der Waals surface area (Å²) in [6.07, 6.45) is 0.938. The van der Waals surface area contributed by atoms with Gasteiger partial charge in [-0.25, -0.2) is 0 Å². The summed E-state index contributed by atoms with van der Waals surface area (Å²) in [5, 5.41) is 4.45. The van der Waals surface area contributed by atoms with E-state index in [4.69, 9.17) is 0 Å². The summed E-state index contributed by atoms with van der Waals surface area (Å²) in [5.41, 5.74) is 5.48. The van der Waals surface area contributed by atoms with E-state index >= 15 is 0 Å². The van der Waals surface area contributed by atoms with Crippen LogP contribution in [0.25, 0.3) is 0 Å².